The largest absolute Gasteiger partial charge is 0.493 e. The van der Waals surface area contributed by atoms with Crippen LogP contribution in [0.1, 0.15) is 27.9 Å². The van der Waals surface area contributed by atoms with Gasteiger partial charge < -0.3 is 4.74 Å². The van der Waals surface area contributed by atoms with Crippen LogP contribution in [0.2, 0.25) is 0 Å². The zero-order valence-corrected chi connectivity index (χ0v) is 11.3. The summed E-state index contributed by atoms with van der Waals surface area (Å²) in [5, 5.41) is 0. The van der Waals surface area contributed by atoms with E-state index >= 15 is 0 Å². The normalized spacial score (nSPS) is 10.2. The number of Topliss-reactive ketones (excluding diaryl/α,β-unsaturated/α-hetero) is 1. The maximum absolute atomic E-state index is 11.9. The smallest absolute Gasteiger partial charge is 0.166 e. The van der Waals surface area contributed by atoms with E-state index in [4.69, 9.17) is 4.74 Å². The van der Waals surface area contributed by atoms with E-state index in [2.05, 4.69) is 6.07 Å². The van der Waals surface area contributed by atoms with E-state index in [1.165, 1.54) is 0 Å². The maximum atomic E-state index is 11.9. The lowest BCUT2D eigenvalue weighted by Gasteiger charge is -2.09. The molecule has 0 amide bonds. The fourth-order valence-electron chi connectivity index (χ4n) is 1.88. The van der Waals surface area contributed by atoms with Gasteiger partial charge in [-0.3, -0.25) is 4.79 Å². The lowest BCUT2D eigenvalue weighted by atomic mass is 10.1. The van der Waals surface area contributed by atoms with Crippen LogP contribution in [0, 0.1) is 13.8 Å². The highest BCUT2D eigenvalue weighted by atomic mass is 16.5. The molecule has 2 heteroatoms. The lowest BCUT2D eigenvalue weighted by Crippen LogP contribution is -2.07. The van der Waals surface area contributed by atoms with Crippen LogP contribution in [0.3, 0.4) is 0 Å². The van der Waals surface area contributed by atoms with Gasteiger partial charge >= 0.3 is 0 Å². The topological polar surface area (TPSA) is 26.3 Å². The molecule has 2 nitrogen and oxygen atoms in total. The standard InChI is InChI=1S/C17H18O2/c1-13-8-9-14(2)17(12-13)19-11-10-16(18)15-6-4-3-5-7-15/h3-9,12H,10-11H2,1-2H3. The summed E-state index contributed by atoms with van der Waals surface area (Å²) in [6.45, 7) is 4.45. The van der Waals surface area contributed by atoms with Crippen molar-refractivity contribution >= 4 is 5.78 Å². The Morgan fingerprint density at radius 1 is 1.05 bits per heavy atom. The lowest BCUT2D eigenvalue weighted by molar-refractivity contribution is 0.0962. The van der Waals surface area contributed by atoms with Crippen molar-refractivity contribution in [1.82, 2.24) is 0 Å². The number of aryl methyl sites for hydroxylation is 2. The summed E-state index contributed by atoms with van der Waals surface area (Å²) < 4.78 is 5.69. The van der Waals surface area contributed by atoms with Gasteiger partial charge in [-0.25, -0.2) is 0 Å². The molecule has 0 radical (unpaired) electrons. The highest BCUT2D eigenvalue weighted by molar-refractivity contribution is 5.96. The molecule has 2 rings (SSSR count). The number of benzene rings is 2. The van der Waals surface area contributed by atoms with Crippen molar-refractivity contribution in [1.29, 1.82) is 0 Å². The molecule has 0 aliphatic rings. The summed E-state index contributed by atoms with van der Waals surface area (Å²) in [4.78, 5) is 11.9. The molecule has 2 aromatic carbocycles. The van der Waals surface area contributed by atoms with E-state index in [9.17, 15) is 4.79 Å². The summed E-state index contributed by atoms with van der Waals surface area (Å²) in [5.41, 5.74) is 3.00. The summed E-state index contributed by atoms with van der Waals surface area (Å²) in [5.74, 6) is 0.978. The van der Waals surface area contributed by atoms with Crippen molar-refractivity contribution in [2.75, 3.05) is 6.61 Å². The molecular formula is C17H18O2. The average molecular weight is 254 g/mol. The van der Waals surface area contributed by atoms with Gasteiger partial charge in [0.2, 0.25) is 0 Å². The summed E-state index contributed by atoms with van der Waals surface area (Å²) in [7, 11) is 0. The van der Waals surface area contributed by atoms with Crippen LogP contribution in [-0.2, 0) is 0 Å². The SMILES string of the molecule is Cc1ccc(C)c(OCCC(=O)c2ccccc2)c1. The van der Waals surface area contributed by atoms with Gasteiger partial charge in [-0.15, -0.1) is 0 Å². The third-order valence-corrected chi connectivity index (χ3v) is 3.03. The fourth-order valence-corrected chi connectivity index (χ4v) is 1.88. The van der Waals surface area contributed by atoms with Crippen LogP contribution < -0.4 is 4.74 Å². The van der Waals surface area contributed by atoms with Gasteiger partial charge in [-0.05, 0) is 31.0 Å². The van der Waals surface area contributed by atoms with Crippen molar-refractivity contribution < 1.29 is 9.53 Å². The number of hydrogen-bond donors (Lipinski definition) is 0. The number of ketones is 1. The number of carbonyl (C=O) groups excluding carboxylic acids is 1. The summed E-state index contributed by atoms with van der Waals surface area (Å²) >= 11 is 0. The third kappa shape index (κ3) is 3.68. The Labute approximate surface area is 114 Å². The predicted octanol–water partition coefficient (Wildman–Crippen LogP) is 3.96. The number of hydrogen-bond acceptors (Lipinski definition) is 2. The second kappa shape index (κ2) is 6.19. The highest BCUT2D eigenvalue weighted by Gasteiger charge is 2.06. The van der Waals surface area contributed by atoms with E-state index < -0.39 is 0 Å². The molecule has 0 saturated carbocycles. The molecule has 0 N–H and O–H groups in total. The molecule has 98 valence electrons. The monoisotopic (exact) mass is 254 g/mol. The second-order valence-electron chi connectivity index (χ2n) is 4.66. The predicted molar refractivity (Wildman–Crippen MR) is 76.8 cm³/mol. The zero-order chi connectivity index (χ0) is 13.7. The summed E-state index contributed by atoms with van der Waals surface area (Å²) in [6, 6.07) is 15.4. The van der Waals surface area contributed by atoms with Gasteiger partial charge in [-0.2, -0.15) is 0 Å². The van der Waals surface area contributed by atoms with Gasteiger partial charge in [0.15, 0.2) is 5.78 Å². The second-order valence-corrected chi connectivity index (χ2v) is 4.66. The first kappa shape index (κ1) is 13.3. The molecule has 0 heterocycles. The fraction of sp³-hybridized carbons (Fsp3) is 0.235. The molecule has 0 aliphatic heterocycles. The van der Waals surface area contributed by atoms with Crippen LogP contribution in [0.5, 0.6) is 5.75 Å². The average Bonchev–Trinajstić information content (AvgIpc) is 2.43. The summed E-state index contributed by atoms with van der Waals surface area (Å²) in [6.07, 6.45) is 0.400. The molecule has 0 aromatic heterocycles. The molecule has 0 fully saturated rings. The van der Waals surface area contributed by atoms with Crippen LogP contribution in [0.25, 0.3) is 0 Å². The van der Waals surface area contributed by atoms with E-state index in [0.29, 0.717) is 13.0 Å². The van der Waals surface area contributed by atoms with Crippen LogP contribution >= 0.6 is 0 Å². The van der Waals surface area contributed by atoms with E-state index in [1.54, 1.807) is 0 Å². The Morgan fingerprint density at radius 3 is 2.53 bits per heavy atom. The number of carbonyl (C=O) groups is 1. The van der Waals surface area contributed by atoms with E-state index in [0.717, 1.165) is 22.4 Å². The van der Waals surface area contributed by atoms with Gasteiger partial charge in [0.1, 0.15) is 5.75 Å². The van der Waals surface area contributed by atoms with Crippen LogP contribution in [0.4, 0.5) is 0 Å². The Kier molecular flexibility index (Phi) is 4.35. The zero-order valence-electron chi connectivity index (χ0n) is 11.3. The van der Waals surface area contributed by atoms with Crippen LogP contribution in [-0.4, -0.2) is 12.4 Å². The van der Waals surface area contributed by atoms with Crippen molar-refractivity contribution in [3.05, 3.63) is 65.2 Å². The molecule has 0 unspecified atom stereocenters. The quantitative estimate of drug-likeness (QED) is 0.755. The first-order chi connectivity index (χ1) is 9.16. The molecule has 0 aliphatic carbocycles. The molecule has 0 atom stereocenters. The van der Waals surface area contributed by atoms with Crippen molar-refractivity contribution in [2.24, 2.45) is 0 Å². The highest BCUT2D eigenvalue weighted by Crippen LogP contribution is 2.19. The van der Waals surface area contributed by atoms with Gasteiger partial charge in [0.05, 0.1) is 6.61 Å². The Balaban J connectivity index is 1.90. The van der Waals surface area contributed by atoms with E-state index in [1.807, 2.05) is 56.3 Å². The molecular weight excluding hydrogens is 236 g/mol. The minimum absolute atomic E-state index is 0.117. The van der Waals surface area contributed by atoms with Crippen molar-refractivity contribution in [3.8, 4) is 5.75 Å². The number of rotatable bonds is 5. The van der Waals surface area contributed by atoms with Gasteiger partial charge in [0.25, 0.3) is 0 Å². The Hall–Kier alpha value is -2.09. The minimum Gasteiger partial charge on any atom is -0.493 e. The van der Waals surface area contributed by atoms with Crippen molar-refractivity contribution in [2.45, 2.75) is 20.3 Å². The van der Waals surface area contributed by atoms with E-state index in [-0.39, 0.29) is 5.78 Å². The molecule has 2 aromatic rings. The first-order valence-corrected chi connectivity index (χ1v) is 6.45. The maximum Gasteiger partial charge on any atom is 0.166 e. The first-order valence-electron chi connectivity index (χ1n) is 6.45. The Morgan fingerprint density at radius 2 is 1.79 bits per heavy atom. The van der Waals surface area contributed by atoms with Gasteiger partial charge in [-0.1, -0.05) is 42.5 Å². The molecule has 0 spiro atoms. The van der Waals surface area contributed by atoms with Crippen LogP contribution in [0.15, 0.2) is 48.5 Å². The minimum atomic E-state index is 0.117. The molecule has 0 saturated heterocycles. The molecule has 0 bridgehead atoms. The number of ether oxygens (including phenoxy) is 1. The van der Waals surface area contributed by atoms with Crippen molar-refractivity contribution in [3.63, 3.8) is 0 Å². The Bertz CT molecular complexity index is 559. The molecule has 19 heavy (non-hydrogen) atoms. The third-order valence-electron chi connectivity index (χ3n) is 3.03. The van der Waals surface area contributed by atoms with Gasteiger partial charge in [0, 0.05) is 12.0 Å².